The molecule has 1 aliphatic carbocycles. The minimum atomic E-state index is 0.684. The highest BCUT2D eigenvalue weighted by Gasteiger charge is 2.48. The third-order valence-corrected chi connectivity index (χ3v) is 4.50. The van der Waals surface area contributed by atoms with Crippen molar-refractivity contribution in [3.8, 4) is 0 Å². The third kappa shape index (κ3) is 2.01. The summed E-state index contributed by atoms with van der Waals surface area (Å²) in [7, 11) is 0. The van der Waals surface area contributed by atoms with Crippen LogP contribution in [0.15, 0.2) is 30.3 Å². The molecule has 0 bridgehead atoms. The molecule has 1 heterocycles. The van der Waals surface area contributed by atoms with Crippen LogP contribution in [0.3, 0.4) is 0 Å². The van der Waals surface area contributed by atoms with Crippen molar-refractivity contribution in [3.05, 3.63) is 35.9 Å². The van der Waals surface area contributed by atoms with Gasteiger partial charge >= 0.3 is 0 Å². The first-order chi connectivity index (χ1) is 7.89. The van der Waals surface area contributed by atoms with E-state index in [0.717, 1.165) is 5.92 Å². The maximum atomic E-state index is 3.48. The Labute approximate surface area is 98.3 Å². The van der Waals surface area contributed by atoms with Gasteiger partial charge < -0.3 is 5.32 Å². The van der Waals surface area contributed by atoms with E-state index in [1.54, 1.807) is 5.56 Å². The van der Waals surface area contributed by atoms with Gasteiger partial charge in [0.15, 0.2) is 0 Å². The second kappa shape index (κ2) is 4.21. The van der Waals surface area contributed by atoms with Crippen LogP contribution in [0.4, 0.5) is 0 Å². The van der Waals surface area contributed by atoms with E-state index in [0.29, 0.717) is 5.41 Å². The molecule has 1 aromatic rings. The molecule has 2 fully saturated rings. The smallest absolute Gasteiger partial charge is 0.00461 e. The van der Waals surface area contributed by atoms with E-state index in [1.165, 1.54) is 45.2 Å². The molecule has 2 aliphatic rings. The van der Waals surface area contributed by atoms with Gasteiger partial charge in [-0.1, -0.05) is 30.3 Å². The van der Waals surface area contributed by atoms with E-state index in [-0.39, 0.29) is 0 Å². The lowest BCUT2D eigenvalue weighted by Gasteiger charge is -2.31. The Kier molecular flexibility index (Phi) is 2.72. The van der Waals surface area contributed by atoms with Crippen LogP contribution >= 0.6 is 0 Å². The normalized spacial score (nSPS) is 24.2. The van der Waals surface area contributed by atoms with E-state index >= 15 is 0 Å². The minimum absolute atomic E-state index is 0.684. The first-order valence-electron chi connectivity index (χ1n) is 6.64. The van der Waals surface area contributed by atoms with Gasteiger partial charge in [-0.25, -0.2) is 0 Å². The Morgan fingerprint density at radius 3 is 2.38 bits per heavy atom. The summed E-state index contributed by atoms with van der Waals surface area (Å²) in [6.07, 6.45) is 7.04. The van der Waals surface area contributed by atoms with Crippen molar-refractivity contribution in [2.24, 2.45) is 11.3 Å². The largest absolute Gasteiger partial charge is 0.317 e. The number of benzene rings is 1. The molecule has 86 valence electrons. The SMILES string of the molecule is c1ccc(CC2(C3CCNCC3)CC2)cc1. The zero-order valence-electron chi connectivity index (χ0n) is 9.91. The van der Waals surface area contributed by atoms with Gasteiger partial charge in [0.1, 0.15) is 0 Å². The van der Waals surface area contributed by atoms with Gasteiger partial charge in [0.2, 0.25) is 0 Å². The molecule has 16 heavy (non-hydrogen) atoms. The molecule has 3 rings (SSSR count). The zero-order chi connectivity index (χ0) is 10.8. The summed E-state index contributed by atoms with van der Waals surface area (Å²) >= 11 is 0. The third-order valence-electron chi connectivity index (χ3n) is 4.50. The van der Waals surface area contributed by atoms with Crippen LogP contribution in [0.5, 0.6) is 0 Å². The van der Waals surface area contributed by atoms with E-state index < -0.39 is 0 Å². The van der Waals surface area contributed by atoms with E-state index in [1.807, 2.05) is 0 Å². The van der Waals surface area contributed by atoms with Gasteiger partial charge in [-0.05, 0) is 62.1 Å². The molecule has 0 amide bonds. The molecule has 1 nitrogen and oxygen atoms in total. The summed E-state index contributed by atoms with van der Waals surface area (Å²) in [5, 5.41) is 3.48. The predicted octanol–water partition coefficient (Wildman–Crippen LogP) is 3.01. The van der Waals surface area contributed by atoms with Crippen LogP contribution in [-0.2, 0) is 6.42 Å². The second-order valence-corrected chi connectivity index (χ2v) is 5.55. The molecule has 0 radical (unpaired) electrons. The quantitative estimate of drug-likeness (QED) is 0.817. The standard InChI is InChI=1S/C15H21N/c1-2-4-13(5-3-1)12-15(8-9-15)14-6-10-16-11-7-14/h1-5,14,16H,6-12H2. The molecule has 1 saturated heterocycles. The van der Waals surface area contributed by atoms with Gasteiger partial charge in [0.25, 0.3) is 0 Å². The highest BCUT2D eigenvalue weighted by Crippen LogP contribution is 2.56. The molecule has 1 N–H and O–H groups in total. The maximum Gasteiger partial charge on any atom is -0.00461 e. The van der Waals surface area contributed by atoms with Crippen molar-refractivity contribution in [1.29, 1.82) is 0 Å². The van der Waals surface area contributed by atoms with Crippen LogP contribution in [0.1, 0.15) is 31.2 Å². The molecule has 0 aromatic heterocycles. The Morgan fingerprint density at radius 1 is 1.06 bits per heavy atom. The Morgan fingerprint density at radius 2 is 1.75 bits per heavy atom. The molecule has 0 atom stereocenters. The Hall–Kier alpha value is -0.820. The lowest BCUT2D eigenvalue weighted by Crippen LogP contribution is -2.33. The molecular weight excluding hydrogens is 194 g/mol. The summed E-state index contributed by atoms with van der Waals surface area (Å²) in [4.78, 5) is 0. The molecule has 1 aromatic carbocycles. The first-order valence-corrected chi connectivity index (χ1v) is 6.64. The fourth-order valence-corrected chi connectivity index (χ4v) is 3.33. The topological polar surface area (TPSA) is 12.0 Å². The lowest BCUT2D eigenvalue weighted by molar-refractivity contribution is 0.236. The number of piperidine rings is 1. The second-order valence-electron chi connectivity index (χ2n) is 5.55. The summed E-state index contributed by atoms with van der Waals surface area (Å²) < 4.78 is 0. The summed E-state index contributed by atoms with van der Waals surface area (Å²) in [6, 6.07) is 11.1. The summed E-state index contributed by atoms with van der Waals surface area (Å²) in [6.45, 7) is 2.47. The Bertz CT molecular complexity index is 334. The fraction of sp³-hybridized carbons (Fsp3) is 0.600. The molecule has 1 aliphatic heterocycles. The number of hydrogen-bond donors (Lipinski definition) is 1. The molecule has 0 unspecified atom stereocenters. The van der Waals surface area contributed by atoms with E-state index in [4.69, 9.17) is 0 Å². The Balaban J connectivity index is 1.69. The van der Waals surface area contributed by atoms with Crippen molar-refractivity contribution in [1.82, 2.24) is 5.32 Å². The van der Waals surface area contributed by atoms with Crippen LogP contribution < -0.4 is 5.32 Å². The molecule has 0 spiro atoms. The van der Waals surface area contributed by atoms with Crippen molar-refractivity contribution in [2.75, 3.05) is 13.1 Å². The van der Waals surface area contributed by atoms with E-state index in [9.17, 15) is 0 Å². The summed E-state index contributed by atoms with van der Waals surface area (Å²) in [5.41, 5.74) is 2.22. The van der Waals surface area contributed by atoms with Crippen LogP contribution in [0.2, 0.25) is 0 Å². The minimum Gasteiger partial charge on any atom is -0.317 e. The average Bonchev–Trinajstić information content (AvgIpc) is 3.13. The van der Waals surface area contributed by atoms with E-state index in [2.05, 4.69) is 35.6 Å². The van der Waals surface area contributed by atoms with Crippen molar-refractivity contribution in [3.63, 3.8) is 0 Å². The number of hydrogen-bond acceptors (Lipinski definition) is 1. The van der Waals surface area contributed by atoms with Crippen molar-refractivity contribution < 1.29 is 0 Å². The van der Waals surface area contributed by atoms with Crippen LogP contribution in [0, 0.1) is 11.3 Å². The van der Waals surface area contributed by atoms with Crippen molar-refractivity contribution >= 4 is 0 Å². The molecular formula is C15H21N. The fourth-order valence-electron chi connectivity index (χ4n) is 3.33. The lowest BCUT2D eigenvalue weighted by atomic mass is 9.78. The van der Waals surface area contributed by atoms with Gasteiger partial charge in [0.05, 0.1) is 0 Å². The number of rotatable bonds is 3. The van der Waals surface area contributed by atoms with Gasteiger partial charge in [-0.2, -0.15) is 0 Å². The highest BCUT2D eigenvalue weighted by molar-refractivity contribution is 5.19. The van der Waals surface area contributed by atoms with Crippen LogP contribution in [0.25, 0.3) is 0 Å². The summed E-state index contributed by atoms with van der Waals surface area (Å²) in [5.74, 6) is 0.981. The van der Waals surface area contributed by atoms with Crippen molar-refractivity contribution in [2.45, 2.75) is 32.1 Å². The monoisotopic (exact) mass is 215 g/mol. The maximum absolute atomic E-state index is 3.48. The van der Waals surface area contributed by atoms with Gasteiger partial charge in [-0.15, -0.1) is 0 Å². The molecule has 1 heteroatoms. The van der Waals surface area contributed by atoms with Crippen LogP contribution in [-0.4, -0.2) is 13.1 Å². The predicted molar refractivity (Wildman–Crippen MR) is 67.4 cm³/mol. The average molecular weight is 215 g/mol. The first kappa shape index (κ1) is 10.3. The van der Waals surface area contributed by atoms with Gasteiger partial charge in [0, 0.05) is 0 Å². The molecule has 1 saturated carbocycles. The zero-order valence-corrected chi connectivity index (χ0v) is 9.91. The number of nitrogens with one attached hydrogen (secondary N) is 1. The van der Waals surface area contributed by atoms with Gasteiger partial charge in [-0.3, -0.25) is 0 Å². The highest BCUT2D eigenvalue weighted by atomic mass is 14.9.